The third-order valence-electron chi connectivity index (χ3n) is 5.80. The summed E-state index contributed by atoms with van der Waals surface area (Å²) in [5.74, 6) is 1.20. The Morgan fingerprint density at radius 1 is 1.00 bits per heavy atom. The first-order valence-corrected chi connectivity index (χ1v) is 13.1. The monoisotopic (exact) mass is 511 g/mol. The number of thiazole rings is 1. The van der Waals surface area contributed by atoms with Gasteiger partial charge < -0.3 is 14.4 Å². The predicted molar refractivity (Wildman–Crippen MR) is 146 cm³/mol. The first kappa shape index (κ1) is 27.3. The number of rotatable bonds is 11. The number of unbranched alkanes of at least 4 members (excludes halogenated alkanes) is 2. The van der Waals surface area contributed by atoms with Crippen LogP contribution in [0, 0.1) is 34.2 Å². The van der Waals surface area contributed by atoms with E-state index >= 15 is 0 Å². The topological polar surface area (TPSA) is 106 Å². The second-order valence-corrected chi connectivity index (χ2v) is 9.17. The Morgan fingerprint density at radius 3 is 2.35 bits per heavy atom. The summed E-state index contributed by atoms with van der Waals surface area (Å²) in [6, 6.07) is 17.0. The molecule has 3 aromatic rings. The van der Waals surface area contributed by atoms with Gasteiger partial charge in [0.05, 0.1) is 16.8 Å². The standard InChI is InChI=1S/C29H29N5O2S/c1-4-7-8-15-35-26-17-24(34(5-2)6-3)12-9-22(26)16-27-28(33-29(37-27)23(18-30)19-31)21-10-13-25(14-11-21)36-20-32/h9-14,16-17H,4-8,15H2,1-3H3/b27-16+. The minimum Gasteiger partial charge on any atom is -0.493 e. The van der Waals surface area contributed by atoms with Crippen molar-refractivity contribution in [2.45, 2.75) is 40.0 Å². The molecule has 0 saturated heterocycles. The average molecular weight is 512 g/mol. The van der Waals surface area contributed by atoms with Crippen molar-refractivity contribution < 1.29 is 9.47 Å². The van der Waals surface area contributed by atoms with Crippen LogP contribution in [-0.2, 0) is 0 Å². The van der Waals surface area contributed by atoms with E-state index in [4.69, 9.17) is 14.7 Å². The van der Waals surface area contributed by atoms with Crippen LogP contribution >= 0.6 is 11.3 Å². The number of hydrogen-bond donors (Lipinski definition) is 0. The van der Waals surface area contributed by atoms with E-state index in [1.54, 1.807) is 30.5 Å². The zero-order valence-electron chi connectivity index (χ0n) is 21.3. The van der Waals surface area contributed by atoms with Gasteiger partial charge in [0.1, 0.15) is 28.3 Å². The number of ether oxygens (including phenoxy) is 2. The van der Waals surface area contributed by atoms with E-state index in [9.17, 15) is 10.5 Å². The molecule has 3 rings (SSSR count). The van der Waals surface area contributed by atoms with Gasteiger partial charge in [0.25, 0.3) is 6.26 Å². The van der Waals surface area contributed by atoms with Gasteiger partial charge in [-0.25, -0.2) is 4.98 Å². The third kappa shape index (κ3) is 6.88. The van der Waals surface area contributed by atoms with Crippen molar-refractivity contribution in [1.29, 1.82) is 15.8 Å². The summed E-state index contributed by atoms with van der Waals surface area (Å²) in [6.45, 7) is 8.82. The molecule has 0 fully saturated rings. The Labute approximate surface area is 221 Å². The highest BCUT2D eigenvalue weighted by molar-refractivity contribution is 7.08. The van der Waals surface area contributed by atoms with E-state index in [0.29, 0.717) is 22.7 Å². The Balaban J connectivity index is 2.18. The highest BCUT2D eigenvalue weighted by Gasteiger charge is 2.12. The van der Waals surface area contributed by atoms with Crippen LogP contribution in [-0.4, -0.2) is 24.7 Å². The second kappa shape index (κ2) is 13.7. The Morgan fingerprint density at radius 2 is 1.73 bits per heavy atom. The van der Waals surface area contributed by atoms with Crippen molar-refractivity contribution in [3.05, 3.63) is 57.2 Å². The minimum absolute atomic E-state index is 0.0387. The maximum Gasteiger partial charge on any atom is 0.292 e. The molecule has 0 radical (unpaired) electrons. The SMILES string of the molecule is CCCCCOc1cc(N(CC)CC)ccc1/C=c1/sc(=C(C#N)C#N)nc1-c1ccc(OC#N)cc1. The zero-order valence-corrected chi connectivity index (χ0v) is 22.1. The number of benzene rings is 2. The number of anilines is 1. The molecule has 0 atom stereocenters. The molecule has 0 aliphatic rings. The summed E-state index contributed by atoms with van der Waals surface area (Å²) >= 11 is 1.28. The fourth-order valence-electron chi connectivity index (χ4n) is 3.83. The number of hydrogen-bond acceptors (Lipinski definition) is 8. The Hall–Kier alpha value is -4.32. The summed E-state index contributed by atoms with van der Waals surface area (Å²) in [6.07, 6.45) is 6.84. The van der Waals surface area contributed by atoms with Crippen molar-refractivity contribution in [3.8, 4) is 41.2 Å². The molecule has 188 valence electrons. The summed E-state index contributed by atoms with van der Waals surface area (Å²) in [5, 5.41) is 27.6. The van der Waals surface area contributed by atoms with Crippen LogP contribution in [0.5, 0.6) is 11.5 Å². The van der Waals surface area contributed by atoms with E-state index < -0.39 is 0 Å². The van der Waals surface area contributed by atoms with Crippen molar-refractivity contribution in [2.75, 3.05) is 24.6 Å². The molecular weight excluding hydrogens is 482 g/mol. The molecule has 1 aromatic heterocycles. The van der Waals surface area contributed by atoms with Crippen LogP contribution in [0.25, 0.3) is 22.9 Å². The van der Waals surface area contributed by atoms with Crippen molar-refractivity contribution >= 4 is 28.7 Å². The highest BCUT2D eigenvalue weighted by atomic mass is 32.1. The molecule has 0 N–H and O–H groups in total. The molecule has 0 bridgehead atoms. The van der Waals surface area contributed by atoms with Gasteiger partial charge in [-0.15, -0.1) is 16.6 Å². The summed E-state index contributed by atoms with van der Waals surface area (Å²) in [4.78, 5) is 6.90. The van der Waals surface area contributed by atoms with E-state index in [1.807, 2.05) is 24.3 Å². The van der Waals surface area contributed by atoms with Gasteiger partial charge >= 0.3 is 0 Å². The molecule has 0 spiro atoms. The van der Waals surface area contributed by atoms with Crippen molar-refractivity contribution in [1.82, 2.24) is 4.98 Å². The molecule has 2 aromatic carbocycles. The van der Waals surface area contributed by atoms with Gasteiger partial charge in [-0.1, -0.05) is 19.8 Å². The zero-order chi connectivity index (χ0) is 26.6. The lowest BCUT2D eigenvalue weighted by Crippen LogP contribution is -2.21. The highest BCUT2D eigenvalue weighted by Crippen LogP contribution is 2.28. The van der Waals surface area contributed by atoms with E-state index in [0.717, 1.165) is 59.4 Å². The smallest absolute Gasteiger partial charge is 0.292 e. The van der Waals surface area contributed by atoms with Gasteiger partial charge in [0, 0.05) is 36.0 Å². The third-order valence-corrected chi connectivity index (χ3v) is 6.82. The van der Waals surface area contributed by atoms with Gasteiger partial charge in [-0.05, 0) is 62.7 Å². The molecule has 0 aliphatic heterocycles. The summed E-state index contributed by atoms with van der Waals surface area (Å²) in [7, 11) is 0. The van der Waals surface area contributed by atoms with E-state index in [2.05, 4.69) is 42.8 Å². The van der Waals surface area contributed by atoms with Crippen LogP contribution in [0.2, 0.25) is 0 Å². The Kier molecular flexibility index (Phi) is 10.1. The number of nitrogens with zero attached hydrogens (tertiary/aromatic N) is 5. The molecule has 0 unspecified atom stereocenters. The second-order valence-electron chi connectivity index (χ2n) is 8.14. The van der Waals surface area contributed by atoms with Crippen LogP contribution in [0.1, 0.15) is 45.6 Å². The van der Waals surface area contributed by atoms with Crippen LogP contribution in [0.3, 0.4) is 0 Å². The lowest BCUT2D eigenvalue weighted by molar-refractivity contribution is 0.305. The quantitative estimate of drug-likeness (QED) is 0.260. The fraction of sp³-hybridized carbons (Fsp3) is 0.310. The van der Waals surface area contributed by atoms with Gasteiger partial charge in [0.2, 0.25) is 0 Å². The first-order chi connectivity index (χ1) is 18.1. The van der Waals surface area contributed by atoms with Gasteiger partial charge in [0.15, 0.2) is 5.57 Å². The van der Waals surface area contributed by atoms with Gasteiger partial charge in [-0.2, -0.15) is 10.5 Å². The van der Waals surface area contributed by atoms with Crippen molar-refractivity contribution in [3.63, 3.8) is 0 Å². The molecule has 0 saturated carbocycles. The van der Waals surface area contributed by atoms with Gasteiger partial charge in [-0.3, -0.25) is 0 Å². The number of aromatic nitrogens is 1. The molecule has 0 aliphatic carbocycles. The molecule has 1 heterocycles. The summed E-state index contributed by atoms with van der Waals surface area (Å²) in [5.41, 5.74) is 3.36. The largest absolute Gasteiger partial charge is 0.493 e. The van der Waals surface area contributed by atoms with E-state index in [-0.39, 0.29) is 5.57 Å². The van der Waals surface area contributed by atoms with Crippen LogP contribution < -0.4 is 23.6 Å². The predicted octanol–water partition coefficient (Wildman–Crippen LogP) is 5.11. The molecule has 7 nitrogen and oxygen atoms in total. The molecule has 0 amide bonds. The first-order valence-electron chi connectivity index (χ1n) is 12.3. The molecule has 8 heteroatoms. The maximum absolute atomic E-state index is 9.42. The normalized spacial score (nSPS) is 10.8. The van der Waals surface area contributed by atoms with Crippen LogP contribution in [0.4, 0.5) is 5.69 Å². The van der Waals surface area contributed by atoms with E-state index in [1.165, 1.54) is 11.3 Å². The summed E-state index contributed by atoms with van der Waals surface area (Å²) < 4.78 is 12.3. The number of nitriles is 3. The molecule has 37 heavy (non-hydrogen) atoms. The molecular formula is C29H29N5O2S. The minimum atomic E-state index is -0.0387. The Bertz CT molecular complexity index is 1440. The lowest BCUT2D eigenvalue weighted by Gasteiger charge is -2.22. The van der Waals surface area contributed by atoms with Crippen LogP contribution in [0.15, 0.2) is 42.5 Å². The van der Waals surface area contributed by atoms with Crippen molar-refractivity contribution in [2.24, 2.45) is 0 Å². The maximum atomic E-state index is 9.42. The fourth-order valence-corrected chi connectivity index (χ4v) is 4.81. The average Bonchev–Trinajstić information content (AvgIpc) is 3.33. The lowest BCUT2D eigenvalue weighted by atomic mass is 10.1.